The molecular formula is C10H14O3. The summed E-state index contributed by atoms with van der Waals surface area (Å²) in [4.78, 5) is 10.3. The molecule has 2 N–H and O–H groups in total. The molecule has 0 saturated carbocycles. The van der Waals surface area contributed by atoms with Crippen molar-refractivity contribution in [2.75, 3.05) is 6.61 Å². The van der Waals surface area contributed by atoms with Crippen LogP contribution in [-0.4, -0.2) is 22.8 Å². The Bertz CT molecular complexity index is 259. The van der Waals surface area contributed by atoms with Gasteiger partial charge in [0, 0.05) is 5.57 Å². The van der Waals surface area contributed by atoms with Gasteiger partial charge in [0.05, 0.1) is 6.61 Å². The molecule has 0 aromatic rings. The van der Waals surface area contributed by atoms with Gasteiger partial charge in [-0.15, -0.1) is 0 Å². The van der Waals surface area contributed by atoms with E-state index < -0.39 is 5.97 Å². The zero-order valence-electron chi connectivity index (χ0n) is 7.82. The summed E-state index contributed by atoms with van der Waals surface area (Å²) >= 11 is 0. The molecule has 0 atom stereocenters. The summed E-state index contributed by atoms with van der Waals surface area (Å²) in [7, 11) is 0. The van der Waals surface area contributed by atoms with Crippen molar-refractivity contribution >= 4 is 5.97 Å². The van der Waals surface area contributed by atoms with Crippen LogP contribution in [0.3, 0.4) is 0 Å². The summed E-state index contributed by atoms with van der Waals surface area (Å²) in [5.74, 6) is -0.923. The second kappa shape index (κ2) is 6.20. The lowest BCUT2D eigenvalue weighted by atomic mass is 10.2. The molecular weight excluding hydrogens is 168 g/mol. The van der Waals surface area contributed by atoms with Crippen LogP contribution < -0.4 is 0 Å². The molecule has 0 amide bonds. The Balaban J connectivity index is 4.22. The van der Waals surface area contributed by atoms with Crippen molar-refractivity contribution < 1.29 is 15.0 Å². The first kappa shape index (κ1) is 11.6. The van der Waals surface area contributed by atoms with Crippen LogP contribution in [0.1, 0.15) is 13.8 Å². The van der Waals surface area contributed by atoms with Crippen LogP contribution >= 0.6 is 0 Å². The van der Waals surface area contributed by atoms with Gasteiger partial charge < -0.3 is 10.2 Å². The molecule has 72 valence electrons. The maximum absolute atomic E-state index is 10.3. The van der Waals surface area contributed by atoms with E-state index in [0.717, 1.165) is 5.57 Å². The van der Waals surface area contributed by atoms with E-state index in [1.807, 2.05) is 6.92 Å². The SMILES string of the molecule is CC(/C=C\C=C(/C)C(=O)O)=C\CO. The molecule has 13 heavy (non-hydrogen) atoms. The van der Waals surface area contributed by atoms with Gasteiger partial charge in [0.15, 0.2) is 0 Å². The van der Waals surface area contributed by atoms with Crippen LogP contribution in [0.4, 0.5) is 0 Å². The van der Waals surface area contributed by atoms with Crippen molar-refractivity contribution in [3.8, 4) is 0 Å². The number of rotatable bonds is 4. The number of aliphatic hydroxyl groups excluding tert-OH is 1. The van der Waals surface area contributed by atoms with Gasteiger partial charge in [-0.3, -0.25) is 0 Å². The van der Waals surface area contributed by atoms with Gasteiger partial charge >= 0.3 is 5.97 Å². The predicted octanol–water partition coefficient (Wildman–Crippen LogP) is 1.51. The van der Waals surface area contributed by atoms with E-state index in [1.54, 1.807) is 18.2 Å². The molecule has 3 nitrogen and oxygen atoms in total. The fourth-order valence-electron chi connectivity index (χ4n) is 0.628. The molecule has 0 rings (SSSR count). The van der Waals surface area contributed by atoms with E-state index in [9.17, 15) is 4.79 Å². The third-order valence-electron chi connectivity index (χ3n) is 1.46. The maximum Gasteiger partial charge on any atom is 0.331 e. The normalized spacial score (nSPS) is 13.8. The fraction of sp³-hybridized carbons (Fsp3) is 0.300. The summed E-state index contributed by atoms with van der Waals surface area (Å²) in [6.07, 6.45) is 6.53. The summed E-state index contributed by atoms with van der Waals surface area (Å²) in [6.45, 7) is 3.35. The van der Waals surface area contributed by atoms with Crippen LogP contribution in [0.25, 0.3) is 0 Å². The van der Waals surface area contributed by atoms with Crippen LogP contribution in [-0.2, 0) is 4.79 Å². The van der Waals surface area contributed by atoms with Gasteiger partial charge in [0.25, 0.3) is 0 Å². The van der Waals surface area contributed by atoms with Crippen molar-refractivity contribution in [3.63, 3.8) is 0 Å². The smallest absolute Gasteiger partial charge is 0.331 e. The third kappa shape index (κ3) is 5.87. The second-order valence-electron chi connectivity index (χ2n) is 2.64. The Hall–Kier alpha value is -1.35. The van der Waals surface area contributed by atoms with Crippen molar-refractivity contribution in [3.05, 3.63) is 35.5 Å². The molecule has 0 aliphatic rings. The standard InChI is InChI=1S/C10H14O3/c1-8(6-7-11)4-3-5-9(2)10(12)13/h3-6,11H,7H2,1-2H3,(H,12,13)/b4-3-,8-6+,9-5+. The van der Waals surface area contributed by atoms with E-state index in [0.29, 0.717) is 0 Å². The van der Waals surface area contributed by atoms with Gasteiger partial charge in [-0.2, -0.15) is 0 Å². The van der Waals surface area contributed by atoms with Gasteiger partial charge in [0.1, 0.15) is 0 Å². The van der Waals surface area contributed by atoms with Crippen LogP contribution in [0.5, 0.6) is 0 Å². The molecule has 0 bridgehead atoms. The molecule has 0 spiro atoms. The Kier molecular flexibility index (Phi) is 5.55. The molecule has 0 fully saturated rings. The highest BCUT2D eigenvalue weighted by molar-refractivity contribution is 5.86. The van der Waals surface area contributed by atoms with Gasteiger partial charge in [-0.1, -0.05) is 29.9 Å². The number of aliphatic hydroxyl groups is 1. The molecule has 0 heterocycles. The average Bonchev–Trinajstić information content (AvgIpc) is 2.04. The summed E-state index contributed by atoms with van der Waals surface area (Å²) < 4.78 is 0. The van der Waals surface area contributed by atoms with Crippen LogP contribution in [0.15, 0.2) is 35.5 Å². The Labute approximate surface area is 77.7 Å². The van der Waals surface area contributed by atoms with Crippen LogP contribution in [0.2, 0.25) is 0 Å². The van der Waals surface area contributed by atoms with Crippen molar-refractivity contribution in [1.29, 1.82) is 0 Å². The highest BCUT2D eigenvalue weighted by Crippen LogP contribution is 1.97. The maximum atomic E-state index is 10.3. The first-order valence-corrected chi connectivity index (χ1v) is 3.93. The highest BCUT2D eigenvalue weighted by atomic mass is 16.4. The van der Waals surface area contributed by atoms with E-state index in [-0.39, 0.29) is 12.2 Å². The van der Waals surface area contributed by atoms with Gasteiger partial charge in [-0.05, 0) is 13.8 Å². The van der Waals surface area contributed by atoms with Crippen LogP contribution in [0, 0.1) is 0 Å². The molecule has 0 radical (unpaired) electrons. The second-order valence-corrected chi connectivity index (χ2v) is 2.64. The molecule has 0 unspecified atom stereocenters. The molecule has 0 saturated heterocycles. The zero-order chi connectivity index (χ0) is 10.3. The topological polar surface area (TPSA) is 57.5 Å². The largest absolute Gasteiger partial charge is 0.478 e. The Morgan fingerprint density at radius 1 is 1.38 bits per heavy atom. The van der Waals surface area contributed by atoms with E-state index >= 15 is 0 Å². The Morgan fingerprint density at radius 3 is 2.46 bits per heavy atom. The quantitative estimate of drug-likeness (QED) is 0.512. The summed E-state index contributed by atoms with van der Waals surface area (Å²) in [6, 6.07) is 0. The predicted molar refractivity (Wildman–Crippen MR) is 51.4 cm³/mol. The van der Waals surface area contributed by atoms with Crippen molar-refractivity contribution in [2.45, 2.75) is 13.8 Å². The minimum absolute atomic E-state index is 0.00218. The molecule has 3 heteroatoms. The lowest BCUT2D eigenvalue weighted by Gasteiger charge is -1.89. The number of allylic oxidation sites excluding steroid dienone is 4. The minimum Gasteiger partial charge on any atom is -0.478 e. The number of aliphatic carboxylic acids is 1. The number of carbonyl (C=O) groups is 1. The third-order valence-corrected chi connectivity index (χ3v) is 1.46. The molecule has 0 aromatic heterocycles. The van der Waals surface area contributed by atoms with E-state index in [1.165, 1.54) is 13.0 Å². The molecule has 0 aliphatic carbocycles. The van der Waals surface area contributed by atoms with Gasteiger partial charge in [0.2, 0.25) is 0 Å². The first-order chi connectivity index (χ1) is 6.07. The summed E-state index contributed by atoms with van der Waals surface area (Å²) in [5, 5.41) is 17.0. The highest BCUT2D eigenvalue weighted by Gasteiger charge is 1.95. The van der Waals surface area contributed by atoms with E-state index in [4.69, 9.17) is 10.2 Å². The number of hydrogen-bond acceptors (Lipinski definition) is 2. The number of hydrogen-bond donors (Lipinski definition) is 2. The van der Waals surface area contributed by atoms with E-state index in [2.05, 4.69) is 0 Å². The molecule has 0 aromatic carbocycles. The zero-order valence-corrected chi connectivity index (χ0v) is 7.82. The lowest BCUT2D eigenvalue weighted by Crippen LogP contribution is -1.94. The Morgan fingerprint density at radius 2 is 2.00 bits per heavy atom. The van der Waals surface area contributed by atoms with Crippen molar-refractivity contribution in [2.24, 2.45) is 0 Å². The summed E-state index contributed by atoms with van der Waals surface area (Å²) in [5.41, 5.74) is 1.19. The monoisotopic (exact) mass is 182 g/mol. The van der Waals surface area contributed by atoms with Crippen molar-refractivity contribution in [1.82, 2.24) is 0 Å². The average molecular weight is 182 g/mol. The number of carboxylic acids is 1. The first-order valence-electron chi connectivity index (χ1n) is 3.93. The van der Waals surface area contributed by atoms with Gasteiger partial charge in [-0.25, -0.2) is 4.79 Å². The fourth-order valence-corrected chi connectivity index (χ4v) is 0.628. The lowest BCUT2D eigenvalue weighted by molar-refractivity contribution is -0.132. The molecule has 0 aliphatic heterocycles. The minimum atomic E-state index is -0.923. The number of carboxylic acid groups (broad SMARTS) is 1.